The first-order chi connectivity index (χ1) is 9.19. The quantitative estimate of drug-likeness (QED) is 0.248. The van der Waals surface area contributed by atoms with E-state index in [9.17, 15) is 9.59 Å². The summed E-state index contributed by atoms with van der Waals surface area (Å²) >= 11 is 0. The van der Waals surface area contributed by atoms with Gasteiger partial charge in [-0.3, -0.25) is 0 Å². The Morgan fingerprint density at radius 3 is 2.74 bits per heavy atom. The van der Waals surface area contributed by atoms with E-state index < -0.39 is 17.9 Å². The number of hydrogen-bond acceptors (Lipinski definition) is 4. The van der Waals surface area contributed by atoms with Gasteiger partial charge in [-0.1, -0.05) is 30.2 Å². The summed E-state index contributed by atoms with van der Waals surface area (Å²) in [7, 11) is 0. The van der Waals surface area contributed by atoms with Crippen LogP contribution in [0.2, 0.25) is 0 Å². The Bertz CT molecular complexity index is 469. The summed E-state index contributed by atoms with van der Waals surface area (Å²) in [5, 5.41) is 3.52. The van der Waals surface area contributed by atoms with Crippen LogP contribution in [0.15, 0.2) is 35.4 Å². The van der Waals surface area contributed by atoms with E-state index in [0.29, 0.717) is 12.0 Å². The molecule has 0 aromatic heterocycles. The van der Waals surface area contributed by atoms with Crippen molar-refractivity contribution in [3.05, 3.63) is 46.3 Å². The standard InChI is InChI=1S/C13H15N3O3/c1-10(9-17)12(15-16-14)7-8-19-13(18)11-5-3-2-4-6-11/h2-6,9-10,12H,7-8H2,1H3. The molecule has 0 amide bonds. The summed E-state index contributed by atoms with van der Waals surface area (Å²) in [5.41, 5.74) is 8.87. The normalized spacial score (nSPS) is 12.9. The zero-order valence-electron chi connectivity index (χ0n) is 10.6. The number of aldehydes is 1. The second-order valence-electron chi connectivity index (χ2n) is 4.06. The molecule has 0 heterocycles. The molecule has 0 radical (unpaired) electrons. The number of hydrogen-bond donors (Lipinski definition) is 0. The highest BCUT2D eigenvalue weighted by atomic mass is 16.5. The lowest BCUT2D eigenvalue weighted by Crippen LogP contribution is -2.19. The summed E-state index contributed by atoms with van der Waals surface area (Å²) < 4.78 is 5.06. The fourth-order valence-corrected chi connectivity index (χ4v) is 1.51. The molecule has 100 valence electrons. The highest BCUT2D eigenvalue weighted by molar-refractivity contribution is 5.89. The summed E-state index contributed by atoms with van der Waals surface area (Å²) in [6.07, 6.45) is 1.04. The van der Waals surface area contributed by atoms with E-state index in [0.717, 1.165) is 6.29 Å². The maximum atomic E-state index is 11.6. The molecule has 0 saturated carbocycles. The van der Waals surface area contributed by atoms with E-state index in [-0.39, 0.29) is 6.61 Å². The minimum atomic E-state index is -0.494. The maximum Gasteiger partial charge on any atom is 0.338 e. The van der Waals surface area contributed by atoms with E-state index in [4.69, 9.17) is 10.3 Å². The Labute approximate surface area is 111 Å². The van der Waals surface area contributed by atoms with Crippen molar-refractivity contribution in [2.24, 2.45) is 11.0 Å². The predicted octanol–water partition coefficient (Wildman–Crippen LogP) is 2.75. The minimum Gasteiger partial charge on any atom is -0.462 e. The van der Waals surface area contributed by atoms with Crippen molar-refractivity contribution in [1.82, 2.24) is 0 Å². The van der Waals surface area contributed by atoms with Crippen LogP contribution in [0.5, 0.6) is 0 Å². The fourth-order valence-electron chi connectivity index (χ4n) is 1.51. The molecular weight excluding hydrogens is 246 g/mol. The van der Waals surface area contributed by atoms with Gasteiger partial charge in [0.15, 0.2) is 0 Å². The SMILES string of the molecule is CC(C=O)C(CCOC(=O)c1ccccc1)N=[N+]=[N-]. The Hall–Kier alpha value is -2.33. The lowest BCUT2D eigenvalue weighted by molar-refractivity contribution is -0.111. The van der Waals surface area contributed by atoms with Crippen molar-refractivity contribution in [1.29, 1.82) is 0 Å². The van der Waals surface area contributed by atoms with E-state index in [1.807, 2.05) is 0 Å². The smallest absolute Gasteiger partial charge is 0.338 e. The van der Waals surface area contributed by atoms with Crippen LogP contribution >= 0.6 is 0 Å². The van der Waals surface area contributed by atoms with Crippen molar-refractivity contribution >= 4 is 12.3 Å². The van der Waals surface area contributed by atoms with Crippen molar-refractivity contribution in [2.45, 2.75) is 19.4 Å². The molecule has 1 aromatic rings. The van der Waals surface area contributed by atoms with Crippen LogP contribution in [-0.4, -0.2) is 24.9 Å². The number of carbonyl (C=O) groups is 2. The molecule has 0 spiro atoms. The van der Waals surface area contributed by atoms with Crippen LogP contribution < -0.4 is 0 Å². The van der Waals surface area contributed by atoms with Gasteiger partial charge in [-0.15, -0.1) is 0 Å². The summed E-state index contributed by atoms with van der Waals surface area (Å²) in [5.74, 6) is -0.828. The third-order valence-electron chi connectivity index (χ3n) is 2.68. The molecule has 0 aliphatic rings. The van der Waals surface area contributed by atoms with E-state index >= 15 is 0 Å². The largest absolute Gasteiger partial charge is 0.462 e. The van der Waals surface area contributed by atoms with Crippen molar-refractivity contribution in [3.63, 3.8) is 0 Å². The van der Waals surface area contributed by atoms with Gasteiger partial charge in [0.25, 0.3) is 0 Å². The molecule has 2 atom stereocenters. The Morgan fingerprint density at radius 2 is 2.16 bits per heavy atom. The van der Waals surface area contributed by atoms with Gasteiger partial charge >= 0.3 is 5.97 Å². The van der Waals surface area contributed by atoms with Gasteiger partial charge in [0.1, 0.15) is 6.29 Å². The van der Waals surface area contributed by atoms with E-state index in [1.165, 1.54) is 0 Å². The van der Waals surface area contributed by atoms with Crippen molar-refractivity contribution < 1.29 is 14.3 Å². The zero-order valence-corrected chi connectivity index (χ0v) is 10.6. The zero-order chi connectivity index (χ0) is 14.1. The molecule has 19 heavy (non-hydrogen) atoms. The van der Waals surface area contributed by atoms with Gasteiger partial charge in [0, 0.05) is 16.9 Å². The molecule has 1 rings (SSSR count). The maximum absolute atomic E-state index is 11.6. The van der Waals surface area contributed by atoms with Gasteiger partial charge in [0.2, 0.25) is 0 Å². The third-order valence-corrected chi connectivity index (χ3v) is 2.68. The fraction of sp³-hybridized carbons (Fsp3) is 0.385. The van der Waals surface area contributed by atoms with Crippen LogP contribution in [0.1, 0.15) is 23.7 Å². The lowest BCUT2D eigenvalue weighted by atomic mass is 10.0. The molecule has 6 nitrogen and oxygen atoms in total. The number of azide groups is 1. The molecule has 0 saturated heterocycles. The summed E-state index contributed by atoms with van der Waals surface area (Å²) in [6, 6.07) is 8.11. The number of nitrogens with zero attached hydrogens (tertiary/aromatic N) is 3. The van der Waals surface area contributed by atoms with Gasteiger partial charge in [0.05, 0.1) is 12.2 Å². The first-order valence-electron chi connectivity index (χ1n) is 5.90. The third kappa shape index (κ3) is 4.81. The Morgan fingerprint density at radius 1 is 1.47 bits per heavy atom. The first-order valence-corrected chi connectivity index (χ1v) is 5.90. The highest BCUT2D eigenvalue weighted by Gasteiger charge is 2.16. The highest BCUT2D eigenvalue weighted by Crippen LogP contribution is 2.10. The van der Waals surface area contributed by atoms with E-state index in [1.54, 1.807) is 37.3 Å². The van der Waals surface area contributed by atoms with Crippen molar-refractivity contribution in [3.8, 4) is 0 Å². The van der Waals surface area contributed by atoms with Crippen LogP contribution in [0.25, 0.3) is 10.4 Å². The molecule has 0 N–H and O–H groups in total. The number of benzene rings is 1. The van der Waals surface area contributed by atoms with Crippen LogP contribution in [0.4, 0.5) is 0 Å². The number of rotatable bonds is 7. The number of esters is 1. The van der Waals surface area contributed by atoms with Gasteiger partial charge < -0.3 is 9.53 Å². The van der Waals surface area contributed by atoms with Crippen LogP contribution in [0, 0.1) is 5.92 Å². The van der Waals surface area contributed by atoms with Crippen molar-refractivity contribution in [2.75, 3.05) is 6.61 Å². The Kier molecular flexibility index (Phi) is 6.12. The van der Waals surface area contributed by atoms with Crippen LogP contribution in [-0.2, 0) is 9.53 Å². The second kappa shape index (κ2) is 7.89. The average molecular weight is 261 g/mol. The number of carbonyl (C=O) groups excluding carboxylic acids is 2. The first kappa shape index (κ1) is 14.7. The van der Waals surface area contributed by atoms with Gasteiger partial charge in [-0.25, -0.2) is 4.79 Å². The molecule has 1 aromatic carbocycles. The minimum absolute atomic E-state index is 0.107. The van der Waals surface area contributed by atoms with Gasteiger partial charge in [-0.05, 0) is 24.1 Å². The summed E-state index contributed by atoms with van der Waals surface area (Å²) in [6.45, 7) is 1.76. The predicted molar refractivity (Wildman–Crippen MR) is 69.5 cm³/mol. The molecule has 2 unspecified atom stereocenters. The molecular formula is C13H15N3O3. The molecule has 0 bridgehead atoms. The molecule has 0 aliphatic heterocycles. The molecule has 0 aliphatic carbocycles. The van der Waals surface area contributed by atoms with E-state index in [2.05, 4.69) is 10.0 Å². The Balaban J connectivity index is 2.46. The second-order valence-corrected chi connectivity index (χ2v) is 4.06. The lowest BCUT2D eigenvalue weighted by Gasteiger charge is -2.13. The summed E-state index contributed by atoms with van der Waals surface area (Å²) in [4.78, 5) is 25.0. The van der Waals surface area contributed by atoms with Crippen LogP contribution in [0.3, 0.4) is 0 Å². The monoisotopic (exact) mass is 261 g/mol. The van der Waals surface area contributed by atoms with Gasteiger partial charge in [-0.2, -0.15) is 0 Å². The topological polar surface area (TPSA) is 92.1 Å². The number of ether oxygens (including phenoxy) is 1. The molecule has 0 fully saturated rings. The average Bonchev–Trinajstić information content (AvgIpc) is 2.46. The molecule has 6 heteroatoms.